The van der Waals surface area contributed by atoms with E-state index in [-0.39, 0.29) is 0 Å². The Labute approximate surface area is 79.4 Å². The lowest BCUT2D eigenvalue weighted by Crippen LogP contribution is -1.69. The third-order valence-corrected chi connectivity index (χ3v) is 0.604. The summed E-state index contributed by atoms with van der Waals surface area (Å²) < 4.78 is 0. The maximum atomic E-state index is 4.50. The number of rotatable bonds is 1. The molecule has 2 N–H and O–H groups in total. The molecule has 0 radical (unpaired) electrons. The van der Waals surface area contributed by atoms with Gasteiger partial charge < -0.3 is 5.73 Å². The molecular formula is C11H27N. The monoisotopic (exact) mass is 173 g/mol. The van der Waals surface area contributed by atoms with Gasteiger partial charge in [0.1, 0.15) is 0 Å². The Morgan fingerprint density at radius 2 is 1.42 bits per heavy atom. The van der Waals surface area contributed by atoms with Crippen LogP contribution in [0.3, 0.4) is 0 Å². The van der Waals surface area contributed by atoms with Gasteiger partial charge in [-0.1, -0.05) is 32.4 Å². The van der Waals surface area contributed by atoms with E-state index in [4.69, 9.17) is 0 Å². The summed E-state index contributed by atoms with van der Waals surface area (Å²) in [5.41, 5.74) is 5.75. The van der Waals surface area contributed by atoms with E-state index in [1.165, 1.54) is 12.6 Å². The summed E-state index contributed by atoms with van der Waals surface area (Å²) >= 11 is 0. The highest BCUT2D eigenvalue weighted by atomic mass is 14.4. The van der Waals surface area contributed by atoms with Crippen molar-refractivity contribution in [1.82, 2.24) is 0 Å². The van der Waals surface area contributed by atoms with Gasteiger partial charge in [0.05, 0.1) is 0 Å². The second-order valence-corrected chi connectivity index (χ2v) is 1.72. The van der Waals surface area contributed by atoms with Crippen molar-refractivity contribution in [3.8, 4) is 0 Å². The summed E-state index contributed by atoms with van der Waals surface area (Å²) in [5.74, 6) is 0. The van der Waals surface area contributed by atoms with Gasteiger partial charge in [-0.2, -0.15) is 0 Å². The van der Waals surface area contributed by atoms with Crippen LogP contribution in [0, 0.1) is 0 Å². The molecule has 12 heavy (non-hydrogen) atoms. The summed E-state index contributed by atoms with van der Waals surface area (Å²) in [4.78, 5) is 0. The van der Waals surface area contributed by atoms with Crippen LogP contribution >= 0.6 is 0 Å². The van der Waals surface area contributed by atoms with Crippen molar-refractivity contribution < 1.29 is 0 Å². The molecule has 0 unspecified atom stereocenters. The molecule has 0 atom stereocenters. The van der Waals surface area contributed by atoms with Gasteiger partial charge in [0, 0.05) is 0 Å². The van der Waals surface area contributed by atoms with E-state index in [0.717, 1.165) is 6.42 Å². The number of allylic oxidation sites excluding steroid dienone is 2. The van der Waals surface area contributed by atoms with Gasteiger partial charge in [0.25, 0.3) is 0 Å². The van der Waals surface area contributed by atoms with Gasteiger partial charge in [0.2, 0.25) is 0 Å². The maximum Gasteiger partial charge on any atom is -0.0195 e. The van der Waals surface area contributed by atoms with E-state index in [0.29, 0.717) is 0 Å². The largest absolute Gasteiger partial charge is 0.333 e. The molecule has 0 aliphatic carbocycles. The quantitative estimate of drug-likeness (QED) is 0.600. The second-order valence-electron chi connectivity index (χ2n) is 1.72. The van der Waals surface area contributed by atoms with Crippen molar-refractivity contribution in [2.45, 2.75) is 41.0 Å². The fourth-order valence-electron chi connectivity index (χ4n) is 0. The van der Waals surface area contributed by atoms with Gasteiger partial charge in [-0.25, -0.2) is 0 Å². The zero-order chi connectivity index (χ0) is 11.0. The van der Waals surface area contributed by atoms with Crippen molar-refractivity contribution in [2.24, 2.45) is 5.73 Å². The van der Waals surface area contributed by atoms with Crippen LogP contribution in [0.1, 0.15) is 41.0 Å². The predicted octanol–water partition coefficient (Wildman–Crippen LogP) is 3.77. The van der Waals surface area contributed by atoms with Crippen LogP contribution < -0.4 is 5.73 Å². The molecular weight excluding hydrogens is 146 g/mol. The first kappa shape index (κ1) is 22.5. The molecule has 0 saturated carbocycles. The van der Waals surface area contributed by atoms with E-state index < -0.39 is 0 Å². The third-order valence-electron chi connectivity index (χ3n) is 0.604. The van der Waals surface area contributed by atoms with Gasteiger partial charge in [0.15, 0.2) is 0 Å². The minimum atomic E-state index is 1.11. The molecule has 0 spiro atoms. The topological polar surface area (TPSA) is 26.0 Å². The van der Waals surface area contributed by atoms with Crippen LogP contribution in [-0.4, -0.2) is 7.05 Å². The summed E-state index contributed by atoms with van der Waals surface area (Å²) in [6, 6.07) is 0. The molecule has 0 bridgehead atoms. The summed E-state index contributed by atoms with van der Waals surface area (Å²) in [6.07, 6.45) is 2.86. The Balaban J connectivity index is -0.0000000397. The maximum absolute atomic E-state index is 4.50. The molecule has 76 valence electrons. The predicted molar refractivity (Wildman–Crippen MR) is 62.4 cm³/mol. The Kier molecular flexibility index (Phi) is 88.6. The summed E-state index contributed by atoms with van der Waals surface area (Å²) in [5, 5.41) is 0. The second kappa shape index (κ2) is 47.2. The van der Waals surface area contributed by atoms with E-state index >= 15 is 0 Å². The summed E-state index contributed by atoms with van der Waals surface area (Å²) in [7, 11) is 1.50. The molecule has 0 amide bonds. The molecule has 0 heterocycles. The Bertz CT molecular complexity index is 65.4. The van der Waals surface area contributed by atoms with Gasteiger partial charge in [-0.15, -0.1) is 13.2 Å². The number of nitrogens with two attached hydrogens (primary N) is 1. The molecule has 0 rings (SSSR count). The van der Waals surface area contributed by atoms with Crippen LogP contribution in [0.15, 0.2) is 24.8 Å². The molecule has 0 fully saturated rings. The van der Waals surface area contributed by atoms with Crippen molar-refractivity contribution in [1.29, 1.82) is 0 Å². The Morgan fingerprint density at radius 1 is 1.33 bits per heavy atom. The molecule has 1 heteroatoms. The van der Waals surface area contributed by atoms with E-state index in [2.05, 4.69) is 25.8 Å². The van der Waals surface area contributed by atoms with Crippen molar-refractivity contribution in [3.05, 3.63) is 24.8 Å². The lowest BCUT2D eigenvalue weighted by molar-refractivity contribution is 1.11. The van der Waals surface area contributed by atoms with Crippen molar-refractivity contribution >= 4 is 0 Å². The average molecular weight is 173 g/mol. The zero-order valence-corrected chi connectivity index (χ0v) is 9.78. The molecule has 0 saturated heterocycles. The minimum absolute atomic E-state index is 1.11. The molecule has 0 aromatic heterocycles. The first-order valence-corrected chi connectivity index (χ1v) is 4.48. The molecule has 0 aliphatic heterocycles. The lowest BCUT2D eigenvalue weighted by atomic mass is 10.3. The highest BCUT2D eigenvalue weighted by Crippen LogP contribution is 1.88. The van der Waals surface area contributed by atoms with Gasteiger partial charge in [-0.3, -0.25) is 0 Å². The smallest absolute Gasteiger partial charge is 0.0195 e. The van der Waals surface area contributed by atoms with Crippen LogP contribution in [0.4, 0.5) is 0 Å². The van der Waals surface area contributed by atoms with E-state index in [1.54, 1.807) is 6.08 Å². The number of hydrogen-bond donors (Lipinski definition) is 1. The van der Waals surface area contributed by atoms with Crippen LogP contribution in [0.2, 0.25) is 0 Å². The normalized spacial score (nSPS) is 5.25. The minimum Gasteiger partial charge on any atom is -0.333 e. The van der Waals surface area contributed by atoms with E-state index in [1.807, 2.05) is 27.7 Å². The highest BCUT2D eigenvalue weighted by Gasteiger charge is 1.67. The van der Waals surface area contributed by atoms with Crippen LogP contribution in [0.25, 0.3) is 0 Å². The first-order chi connectivity index (χ1) is 5.68. The fraction of sp³-hybridized carbons (Fsp3) is 0.636. The van der Waals surface area contributed by atoms with Crippen LogP contribution in [-0.2, 0) is 0 Å². The SMILES string of the molecule is C=C(C)CC.C=CC.CC.CN. The fourth-order valence-corrected chi connectivity index (χ4v) is 0. The standard InChI is InChI=1S/C5H10.C3H6.C2H6.CH5N/c1-4-5(2)3;1-3-2;2*1-2/h2,4H2,1,3H3;3H,1H2,2H3;1-2H3;2H2,1H3. The highest BCUT2D eigenvalue weighted by molar-refractivity contribution is 4.84. The first-order valence-electron chi connectivity index (χ1n) is 4.48. The van der Waals surface area contributed by atoms with Crippen molar-refractivity contribution in [2.75, 3.05) is 7.05 Å². The molecule has 0 aliphatic rings. The molecule has 0 aromatic rings. The molecule has 1 nitrogen and oxygen atoms in total. The Morgan fingerprint density at radius 3 is 1.42 bits per heavy atom. The third kappa shape index (κ3) is 324. The lowest BCUT2D eigenvalue weighted by Gasteiger charge is -1.79. The molecule has 0 aromatic carbocycles. The zero-order valence-electron chi connectivity index (χ0n) is 9.78. The van der Waals surface area contributed by atoms with Crippen LogP contribution in [0.5, 0.6) is 0 Å². The van der Waals surface area contributed by atoms with E-state index in [9.17, 15) is 0 Å². The van der Waals surface area contributed by atoms with Crippen molar-refractivity contribution in [3.63, 3.8) is 0 Å². The van der Waals surface area contributed by atoms with Gasteiger partial charge in [-0.05, 0) is 27.3 Å². The van der Waals surface area contributed by atoms with Gasteiger partial charge >= 0.3 is 0 Å². The Hall–Kier alpha value is -0.560. The average Bonchev–Trinajstić information content (AvgIpc) is 2.13. The number of hydrogen-bond acceptors (Lipinski definition) is 1. The summed E-state index contributed by atoms with van der Waals surface area (Å²) in [6.45, 7) is 17.1.